The Morgan fingerprint density at radius 3 is 2.56 bits per heavy atom. The minimum Gasteiger partial charge on any atom is -0.480 e. The predicted octanol–water partition coefficient (Wildman–Crippen LogP) is 0.654. The lowest BCUT2D eigenvalue weighted by Crippen LogP contribution is -2.46. The highest BCUT2D eigenvalue weighted by Crippen LogP contribution is 2.01. The standard InChI is InChI=1S/C11H22N2O4S/c1-18-8-4-2-3-6-12-11(17)13-9(5-7-14)10(15)16/h9,14H,2-8H2,1H3,(H,15,16)(H2,12,13,17)/t9-/m1/s1. The van der Waals surface area contributed by atoms with Crippen LogP contribution < -0.4 is 10.6 Å². The summed E-state index contributed by atoms with van der Waals surface area (Å²) in [5, 5.41) is 22.3. The van der Waals surface area contributed by atoms with Crippen LogP contribution in [0.3, 0.4) is 0 Å². The van der Waals surface area contributed by atoms with E-state index in [2.05, 4.69) is 16.9 Å². The van der Waals surface area contributed by atoms with Crippen molar-refractivity contribution in [3.8, 4) is 0 Å². The second-order valence-corrected chi connectivity index (χ2v) is 4.84. The monoisotopic (exact) mass is 278 g/mol. The number of aliphatic carboxylic acids is 1. The van der Waals surface area contributed by atoms with Crippen LogP contribution in [0.1, 0.15) is 25.7 Å². The number of rotatable bonds is 10. The van der Waals surface area contributed by atoms with Crippen LogP contribution in [0.5, 0.6) is 0 Å². The van der Waals surface area contributed by atoms with Crippen LogP contribution in [0, 0.1) is 0 Å². The number of hydrogen-bond acceptors (Lipinski definition) is 4. The van der Waals surface area contributed by atoms with Crippen LogP contribution in [0.2, 0.25) is 0 Å². The van der Waals surface area contributed by atoms with Crippen molar-refractivity contribution in [2.45, 2.75) is 31.7 Å². The first kappa shape index (κ1) is 17.1. The summed E-state index contributed by atoms with van der Waals surface area (Å²) in [5.74, 6) is -0.0248. The molecule has 0 aromatic heterocycles. The van der Waals surface area contributed by atoms with E-state index in [1.165, 1.54) is 0 Å². The minimum absolute atomic E-state index is 0.0104. The van der Waals surface area contributed by atoms with E-state index >= 15 is 0 Å². The predicted molar refractivity (Wildman–Crippen MR) is 71.9 cm³/mol. The fourth-order valence-corrected chi connectivity index (χ4v) is 1.84. The number of nitrogens with one attached hydrogen (secondary N) is 2. The van der Waals surface area contributed by atoms with Crippen LogP contribution in [-0.2, 0) is 4.79 Å². The number of carboxylic acids is 1. The van der Waals surface area contributed by atoms with Crippen LogP contribution >= 0.6 is 11.8 Å². The molecule has 0 heterocycles. The molecule has 7 heteroatoms. The Bertz CT molecular complexity index is 251. The molecule has 0 aromatic carbocycles. The zero-order valence-corrected chi connectivity index (χ0v) is 11.5. The number of aliphatic hydroxyl groups is 1. The van der Waals surface area contributed by atoms with Gasteiger partial charge in [0.2, 0.25) is 0 Å². The Balaban J connectivity index is 3.65. The molecule has 18 heavy (non-hydrogen) atoms. The summed E-state index contributed by atoms with van der Waals surface area (Å²) >= 11 is 1.79. The van der Waals surface area contributed by atoms with Gasteiger partial charge in [0.15, 0.2) is 0 Å². The van der Waals surface area contributed by atoms with E-state index < -0.39 is 18.0 Å². The molecule has 1 atom stereocenters. The molecule has 0 saturated heterocycles. The number of hydrogen-bond donors (Lipinski definition) is 4. The zero-order chi connectivity index (χ0) is 13.8. The van der Waals surface area contributed by atoms with E-state index in [1.54, 1.807) is 11.8 Å². The fourth-order valence-electron chi connectivity index (χ4n) is 1.35. The second-order valence-electron chi connectivity index (χ2n) is 3.86. The summed E-state index contributed by atoms with van der Waals surface area (Å²) in [6, 6.07) is -1.53. The molecule has 0 aliphatic heterocycles. The third-order valence-corrected chi connectivity index (χ3v) is 3.03. The van der Waals surface area contributed by atoms with Crippen LogP contribution in [0.4, 0.5) is 4.79 Å². The van der Waals surface area contributed by atoms with Gasteiger partial charge < -0.3 is 20.8 Å². The maximum absolute atomic E-state index is 11.4. The number of carbonyl (C=O) groups is 2. The average molecular weight is 278 g/mol. The number of aliphatic hydroxyl groups excluding tert-OH is 1. The van der Waals surface area contributed by atoms with E-state index in [1.807, 2.05) is 0 Å². The van der Waals surface area contributed by atoms with Gasteiger partial charge in [-0.1, -0.05) is 6.42 Å². The SMILES string of the molecule is CSCCCCCNC(=O)N[C@H](CCO)C(=O)O. The molecule has 4 N–H and O–H groups in total. The van der Waals surface area contributed by atoms with Crippen molar-refractivity contribution in [2.24, 2.45) is 0 Å². The van der Waals surface area contributed by atoms with Gasteiger partial charge >= 0.3 is 12.0 Å². The van der Waals surface area contributed by atoms with Gasteiger partial charge in [0.1, 0.15) is 6.04 Å². The molecule has 0 aliphatic rings. The van der Waals surface area contributed by atoms with Gasteiger partial charge in [-0.05, 0) is 24.9 Å². The van der Waals surface area contributed by atoms with Crippen molar-refractivity contribution >= 4 is 23.8 Å². The molecule has 0 radical (unpaired) electrons. The van der Waals surface area contributed by atoms with Gasteiger partial charge in [0, 0.05) is 19.6 Å². The summed E-state index contributed by atoms with van der Waals surface area (Å²) in [6.07, 6.45) is 5.11. The van der Waals surface area contributed by atoms with E-state index in [4.69, 9.17) is 10.2 Å². The molecule has 0 saturated carbocycles. The lowest BCUT2D eigenvalue weighted by atomic mass is 10.2. The third-order valence-electron chi connectivity index (χ3n) is 2.33. The van der Waals surface area contributed by atoms with E-state index in [0.29, 0.717) is 6.54 Å². The third kappa shape index (κ3) is 9.12. The highest BCUT2D eigenvalue weighted by atomic mass is 32.2. The van der Waals surface area contributed by atoms with E-state index in [9.17, 15) is 9.59 Å². The van der Waals surface area contributed by atoms with Crippen molar-refractivity contribution in [1.82, 2.24) is 10.6 Å². The molecule has 6 nitrogen and oxygen atoms in total. The van der Waals surface area contributed by atoms with Crippen molar-refractivity contribution in [1.29, 1.82) is 0 Å². The maximum atomic E-state index is 11.4. The van der Waals surface area contributed by atoms with E-state index in [-0.39, 0.29) is 13.0 Å². The lowest BCUT2D eigenvalue weighted by Gasteiger charge is -2.13. The summed E-state index contributed by atoms with van der Waals surface area (Å²) < 4.78 is 0. The zero-order valence-electron chi connectivity index (χ0n) is 10.6. The summed E-state index contributed by atoms with van der Waals surface area (Å²) in [5.41, 5.74) is 0. The molecule has 0 unspecified atom stereocenters. The number of amides is 2. The number of thioether (sulfide) groups is 1. The van der Waals surface area contributed by atoms with Gasteiger partial charge in [0.25, 0.3) is 0 Å². The second kappa shape index (κ2) is 11.2. The van der Waals surface area contributed by atoms with Crippen molar-refractivity contribution < 1.29 is 19.8 Å². The van der Waals surface area contributed by atoms with Crippen molar-refractivity contribution in [3.05, 3.63) is 0 Å². The molecule has 0 bridgehead atoms. The molecule has 0 aliphatic carbocycles. The summed E-state index contributed by atoms with van der Waals surface area (Å²) in [6.45, 7) is 0.262. The Kier molecular flexibility index (Phi) is 10.6. The van der Waals surface area contributed by atoms with Gasteiger partial charge in [-0.3, -0.25) is 0 Å². The van der Waals surface area contributed by atoms with E-state index in [0.717, 1.165) is 25.0 Å². The smallest absolute Gasteiger partial charge is 0.326 e. The Labute approximate surface area is 112 Å². The largest absolute Gasteiger partial charge is 0.480 e. The molecule has 0 rings (SSSR count). The lowest BCUT2D eigenvalue weighted by molar-refractivity contribution is -0.139. The van der Waals surface area contributed by atoms with Crippen LogP contribution in [0.15, 0.2) is 0 Å². The number of unbranched alkanes of at least 4 members (excludes halogenated alkanes) is 2. The Morgan fingerprint density at radius 2 is 2.00 bits per heavy atom. The van der Waals surface area contributed by atoms with Crippen molar-refractivity contribution in [3.63, 3.8) is 0 Å². The van der Waals surface area contributed by atoms with Gasteiger partial charge in [-0.25, -0.2) is 9.59 Å². The molecule has 106 valence electrons. The Morgan fingerprint density at radius 1 is 1.28 bits per heavy atom. The Hall–Kier alpha value is -0.950. The molecule has 2 amide bonds. The number of urea groups is 1. The minimum atomic E-state index is -1.14. The summed E-state index contributed by atoms with van der Waals surface area (Å²) in [7, 11) is 0. The average Bonchev–Trinajstić information content (AvgIpc) is 2.33. The molecule has 0 fully saturated rings. The molecule has 0 spiro atoms. The highest BCUT2D eigenvalue weighted by Gasteiger charge is 2.18. The highest BCUT2D eigenvalue weighted by molar-refractivity contribution is 7.98. The summed E-state index contributed by atoms with van der Waals surface area (Å²) in [4.78, 5) is 22.1. The quantitative estimate of drug-likeness (QED) is 0.440. The van der Waals surface area contributed by atoms with Crippen LogP contribution in [-0.4, -0.2) is 53.4 Å². The molecule has 0 aromatic rings. The van der Waals surface area contributed by atoms with Crippen molar-refractivity contribution in [2.75, 3.05) is 25.2 Å². The van der Waals surface area contributed by atoms with Gasteiger partial charge in [0.05, 0.1) is 0 Å². The first-order valence-corrected chi connectivity index (χ1v) is 7.38. The first-order valence-electron chi connectivity index (χ1n) is 5.98. The normalized spacial score (nSPS) is 11.9. The fraction of sp³-hybridized carbons (Fsp3) is 0.818. The van der Waals surface area contributed by atoms with Crippen LogP contribution in [0.25, 0.3) is 0 Å². The topological polar surface area (TPSA) is 98.7 Å². The molecular weight excluding hydrogens is 256 g/mol. The maximum Gasteiger partial charge on any atom is 0.326 e. The van der Waals surface area contributed by atoms with Gasteiger partial charge in [-0.2, -0.15) is 11.8 Å². The number of carbonyl (C=O) groups excluding carboxylic acids is 1. The first-order chi connectivity index (χ1) is 8.61. The van der Waals surface area contributed by atoms with Gasteiger partial charge in [-0.15, -0.1) is 0 Å². The number of carboxylic acid groups (broad SMARTS) is 1. The molecular formula is C11H22N2O4S.